The molecule has 0 bridgehead atoms. The van der Waals surface area contributed by atoms with Crippen molar-refractivity contribution in [1.82, 2.24) is 9.21 Å². The van der Waals surface area contributed by atoms with E-state index in [4.69, 9.17) is 14.2 Å². The van der Waals surface area contributed by atoms with E-state index in [1.54, 1.807) is 22.5 Å². The molecular formula is C29H39FN2O7S. The number of fused-ring (bicyclic) bond motifs is 1. The maximum atomic E-state index is 14.2. The average molecular weight is 579 g/mol. The number of sulfonamides is 1. The number of carbonyl (C=O) groups is 1. The molecule has 0 amide bonds. The van der Waals surface area contributed by atoms with E-state index in [9.17, 15) is 22.7 Å². The zero-order valence-electron chi connectivity index (χ0n) is 23.3. The molecule has 1 N–H and O–H groups in total. The predicted molar refractivity (Wildman–Crippen MR) is 149 cm³/mol. The lowest BCUT2D eigenvalue weighted by atomic mass is 9.89. The number of ether oxygens (including phenoxy) is 3. The Bertz CT molecular complexity index is 1290. The zero-order chi connectivity index (χ0) is 28.9. The molecule has 1 fully saturated rings. The Labute approximate surface area is 235 Å². The molecule has 0 radical (unpaired) electrons. The number of unbranched alkanes of at least 4 members (excludes halogenated alkanes) is 2. The Kier molecular flexibility index (Phi) is 9.91. The van der Waals surface area contributed by atoms with Gasteiger partial charge in [0.05, 0.1) is 18.8 Å². The second-order valence-corrected chi connectivity index (χ2v) is 12.5. The molecule has 1 saturated heterocycles. The Balaban J connectivity index is 1.43. The quantitative estimate of drug-likeness (QED) is 0.324. The van der Waals surface area contributed by atoms with Crippen LogP contribution in [0, 0.1) is 11.7 Å². The molecule has 3 atom stereocenters. The average Bonchev–Trinajstić information content (AvgIpc) is 3.55. The number of likely N-dealkylation sites (tertiary alicyclic amines) is 1. The third kappa shape index (κ3) is 6.87. The number of rotatable bonds is 14. The Morgan fingerprint density at radius 1 is 1.05 bits per heavy atom. The molecule has 0 saturated carbocycles. The van der Waals surface area contributed by atoms with Crippen LogP contribution in [0.1, 0.15) is 62.9 Å². The van der Waals surface area contributed by atoms with Gasteiger partial charge in [0.15, 0.2) is 23.1 Å². The van der Waals surface area contributed by atoms with Gasteiger partial charge in [-0.3, -0.25) is 4.79 Å². The summed E-state index contributed by atoms with van der Waals surface area (Å²) in [5.74, 6) is -1.14. The van der Waals surface area contributed by atoms with Gasteiger partial charge in [0, 0.05) is 44.2 Å². The van der Waals surface area contributed by atoms with E-state index < -0.39 is 34.0 Å². The minimum absolute atomic E-state index is 0.124. The number of carboxylic acids is 1. The first kappa shape index (κ1) is 30.1. The zero-order valence-corrected chi connectivity index (χ0v) is 24.2. The highest BCUT2D eigenvalue weighted by atomic mass is 32.2. The van der Waals surface area contributed by atoms with Crippen LogP contribution >= 0.6 is 0 Å². The molecule has 0 spiro atoms. The van der Waals surface area contributed by atoms with Gasteiger partial charge in [-0.15, -0.1) is 0 Å². The molecule has 40 heavy (non-hydrogen) atoms. The minimum Gasteiger partial charge on any atom is -0.494 e. The van der Waals surface area contributed by atoms with Gasteiger partial charge in [0.2, 0.25) is 10.0 Å². The molecule has 2 unspecified atom stereocenters. The lowest BCUT2D eigenvalue weighted by molar-refractivity contribution is -0.141. The fraction of sp³-hybridized carbons (Fsp3) is 0.552. The van der Waals surface area contributed by atoms with E-state index >= 15 is 0 Å². The maximum absolute atomic E-state index is 14.2. The predicted octanol–water partition coefficient (Wildman–Crippen LogP) is 4.64. The third-order valence-corrected chi connectivity index (χ3v) is 9.52. The summed E-state index contributed by atoms with van der Waals surface area (Å²) in [6, 6.07) is 9.86. The number of methoxy groups -OCH3 is 1. The molecule has 11 heteroatoms. The molecule has 4 rings (SSSR count). The summed E-state index contributed by atoms with van der Waals surface area (Å²) >= 11 is 0. The highest BCUT2D eigenvalue weighted by molar-refractivity contribution is 7.89. The molecule has 2 heterocycles. The normalized spacial score (nSPS) is 20.8. The van der Waals surface area contributed by atoms with E-state index in [2.05, 4.69) is 0 Å². The number of benzene rings is 2. The van der Waals surface area contributed by atoms with Crippen molar-refractivity contribution in [2.75, 3.05) is 45.6 Å². The Hall–Kier alpha value is -2.89. The molecule has 0 aliphatic carbocycles. The summed E-state index contributed by atoms with van der Waals surface area (Å²) in [6.07, 6.45) is 2.36. The molecule has 0 aromatic heterocycles. The van der Waals surface area contributed by atoms with Crippen molar-refractivity contribution in [3.8, 4) is 17.2 Å². The van der Waals surface area contributed by atoms with E-state index in [1.165, 1.54) is 19.2 Å². The number of hydrogen-bond donors (Lipinski definition) is 1. The number of hydrogen-bond acceptors (Lipinski definition) is 7. The fourth-order valence-corrected chi connectivity index (χ4v) is 7.02. The summed E-state index contributed by atoms with van der Waals surface area (Å²) in [5.41, 5.74) is 1.30. The molecular weight excluding hydrogens is 539 g/mol. The second kappa shape index (κ2) is 13.2. The van der Waals surface area contributed by atoms with Crippen LogP contribution < -0.4 is 14.2 Å². The van der Waals surface area contributed by atoms with Gasteiger partial charge < -0.3 is 24.2 Å². The first-order chi connectivity index (χ1) is 19.2. The SMILES string of the molecule is CCCCCS(=O)(=O)N(CCC)CCN1CC(C(=O)O)C(c2ccc3c(c2)O[C@H](c2ccc(OC)c(F)c2)O3)C1. The van der Waals surface area contributed by atoms with Crippen LogP contribution in [-0.2, 0) is 14.8 Å². The van der Waals surface area contributed by atoms with Gasteiger partial charge in [-0.2, -0.15) is 0 Å². The summed E-state index contributed by atoms with van der Waals surface area (Å²) < 4.78 is 58.4. The molecule has 2 aliphatic rings. The lowest BCUT2D eigenvalue weighted by Gasteiger charge is -2.25. The molecule has 2 aromatic rings. The van der Waals surface area contributed by atoms with Gasteiger partial charge in [0.25, 0.3) is 6.29 Å². The van der Waals surface area contributed by atoms with Crippen molar-refractivity contribution in [2.24, 2.45) is 5.92 Å². The van der Waals surface area contributed by atoms with Crippen molar-refractivity contribution in [2.45, 2.75) is 51.7 Å². The molecule has 2 aliphatic heterocycles. The first-order valence-corrected chi connectivity index (χ1v) is 15.5. The summed E-state index contributed by atoms with van der Waals surface area (Å²) in [7, 11) is -1.96. The van der Waals surface area contributed by atoms with Crippen molar-refractivity contribution < 1.29 is 36.9 Å². The minimum atomic E-state index is -3.36. The van der Waals surface area contributed by atoms with Crippen molar-refractivity contribution in [3.63, 3.8) is 0 Å². The van der Waals surface area contributed by atoms with Crippen LogP contribution in [0.5, 0.6) is 17.2 Å². The third-order valence-electron chi connectivity index (χ3n) is 7.56. The monoisotopic (exact) mass is 578 g/mol. The van der Waals surface area contributed by atoms with Crippen molar-refractivity contribution >= 4 is 16.0 Å². The first-order valence-electron chi connectivity index (χ1n) is 13.9. The van der Waals surface area contributed by atoms with Crippen LogP contribution in [0.2, 0.25) is 0 Å². The van der Waals surface area contributed by atoms with Gasteiger partial charge in [0.1, 0.15) is 0 Å². The highest BCUT2D eigenvalue weighted by Gasteiger charge is 2.40. The van der Waals surface area contributed by atoms with E-state index in [1.807, 2.05) is 24.8 Å². The Morgan fingerprint density at radius 3 is 2.48 bits per heavy atom. The lowest BCUT2D eigenvalue weighted by Crippen LogP contribution is -2.40. The standard InChI is InChI=1S/C29H39FN2O7S/c1-4-6-7-15-40(35,36)32(12-5-2)14-13-31-18-22(23(19-31)28(33)34)20-8-11-26-27(17-20)39-29(38-26)21-9-10-25(37-3)24(30)16-21/h8-11,16-17,22-23,29H,4-7,12-15,18-19H2,1-3H3,(H,33,34)/t22?,23?,29-/m1/s1. The van der Waals surface area contributed by atoms with Gasteiger partial charge >= 0.3 is 5.97 Å². The smallest absolute Gasteiger partial charge is 0.308 e. The van der Waals surface area contributed by atoms with E-state index in [-0.39, 0.29) is 17.4 Å². The number of carboxylic acid groups (broad SMARTS) is 1. The molecule has 2 aromatic carbocycles. The number of aliphatic carboxylic acids is 1. The van der Waals surface area contributed by atoms with Crippen LogP contribution in [0.15, 0.2) is 36.4 Å². The van der Waals surface area contributed by atoms with Gasteiger partial charge in [-0.25, -0.2) is 17.1 Å². The topological polar surface area (TPSA) is 106 Å². The largest absolute Gasteiger partial charge is 0.494 e. The van der Waals surface area contributed by atoms with Crippen LogP contribution in [0.25, 0.3) is 0 Å². The summed E-state index contributed by atoms with van der Waals surface area (Å²) in [5, 5.41) is 9.99. The number of halogens is 1. The van der Waals surface area contributed by atoms with Crippen LogP contribution in [0.4, 0.5) is 4.39 Å². The summed E-state index contributed by atoms with van der Waals surface area (Å²) in [4.78, 5) is 14.2. The Morgan fingerprint density at radius 2 is 1.80 bits per heavy atom. The van der Waals surface area contributed by atoms with Crippen molar-refractivity contribution in [3.05, 3.63) is 53.3 Å². The van der Waals surface area contributed by atoms with Gasteiger partial charge in [-0.1, -0.05) is 32.8 Å². The van der Waals surface area contributed by atoms with E-state index in [0.717, 1.165) is 24.8 Å². The van der Waals surface area contributed by atoms with E-state index in [0.29, 0.717) is 56.2 Å². The van der Waals surface area contributed by atoms with Crippen LogP contribution in [0.3, 0.4) is 0 Å². The van der Waals surface area contributed by atoms with Crippen molar-refractivity contribution in [1.29, 1.82) is 0 Å². The second-order valence-electron chi connectivity index (χ2n) is 10.4. The molecule has 220 valence electrons. The van der Waals surface area contributed by atoms with Crippen LogP contribution in [-0.4, -0.2) is 74.3 Å². The number of nitrogens with zero attached hydrogens (tertiary/aromatic N) is 2. The highest BCUT2D eigenvalue weighted by Crippen LogP contribution is 2.44. The fourth-order valence-electron chi connectivity index (χ4n) is 5.38. The molecule has 9 nitrogen and oxygen atoms in total. The maximum Gasteiger partial charge on any atom is 0.308 e. The van der Waals surface area contributed by atoms with Gasteiger partial charge in [-0.05, 0) is 48.7 Å². The summed E-state index contributed by atoms with van der Waals surface area (Å²) in [6.45, 7) is 6.06.